The number of halogens is 2. The number of aromatic nitrogens is 4. The fourth-order valence-corrected chi connectivity index (χ4v) is 4.09. The zero-order chi connectivity index (χ0) is 20.8. The van der Waals surface area contributed by atoms with Crippen LogP contribution >= 0.6 is 0 Å². The van der Waals surface area contributed by atoms with Gasteiger partial charge in [-0.2, -0.15) is 5.10 Å². The standard InChI is InChI=1S/C22H19F2N5O/c1-12(17-6-14-2-5-18(28-14)22(17)24)19-9-26-20(10-25-19)16-4-3-15(7-21(16)30)29-11-13(23)8-27-29/h2-5,7-11,14,17-18,22,28,30H,1,6H2/t14-,17+,18+,22-/m0/s1. The molecule has 8 heteroatoms. The number of nitrogens with one attached hydrogen (secondary N) is 1. The molecule has 1 aromatic carbocycles. The minimum atomic E-state index is -1.06. The highest BCUT2D eigenvalue weighted by atomic mass is 19.1. The van der Waals surface area contributed by atoms with Crippen LogP contribution in [0.5, 0.6) is 5.75 Å². The molecule has 2 aromatic heterocycles. The smallest absolute Gasteiger partial charge is 0.161 e. The van der Waals surface area contributed by atoms with Gasteiger partial charge in [0.15, 0.2) is 5.82 Å². The number of piperidine rings is 1. The van der Waals surface area contributed by atoms with Crippen molar-refractivity contribution in [3.63, 3.8) is 0 Å². The minimum Gasteiger partial charge on any atom is -0.507 e. The molecule has 0 amide bonds. The number of fused-ring (bicyclic) bond motifs is 2. The molecule has 0 radical (unpaired) electrons. The van der Waals surface area contributed by atoms with Crippen LogP contribution in [-0.2, 0) is 0 Å². The van der Waals surface area contributed by atoms with E-state index in [1.807, 2.05) is 12.2 Å². The van der Waals surface area contributed by atoms with Crippen LogP contribution in [0.2, 0.25) is 0 Å². The van der Waals surface area contributed by atoms with E-state index in [4.69, 9.17) is 0 Å². The Morgan fingerprint density at radius 1 is 1.20 bits per heavy atom. The molecule has 0 saturated carbocycles. The summed E-state index contributed by atoms with van der Waals surface area (Å²) in [5, 5.41) is 17.5. The van der Waals surface area contributed by atoms with E-state index in [9.17, 15) is 13.9 Å². The van der Waals surface area contributed by atoms with E-state index in [0.717, 1.165) is 6.20 Å². The first-order valence-electron chi connectivity index (χ1n) is 9.63. The predicted octanol–water partition coefficient (Wildman–Crippen LogP) is 3.44. The second-order valence-corrected chi connectivity index (χ2v) is 7.59. The van der Waals surface area contributed by atoms with E-state index in [1.165, 1.54) is 23.1 Å². The van der Waals surface area contributed by atoms with E-state index >= 15 is 0 Å². The molecule has 1 fully saturated rings. The van der Waals surface area contributed by atoms with Crippen molar-refractivity contribution in [2.45, 2.75) is 24.7 Å². The molecule has 4 atom stereocenters. The largest absolute Gasteiger partial charge is 0.507 e. The third kappa shape index (κ3) is 3.19. The molecule has 0 aliphatic carbocycles. The molecular formula is C22H19F2N5O. The molecular weight excluding hydrogens is 388 g/mol. The number of allylic oxidation sites excluding steroid dienone is 1. The number of hydrogen-bond acceptors (Lipinski definition) is 5. The Morgan fingerprint density at radius 3 is 2.77 bits per heavy atom. The van der Waals surface area contributed by atoms with Gasteiger partial charge >= 0.3 is 0 Å². The zero-order valence-electron chi connectivity index (χ0n) is 15.9. The fourth-order valence-electron chi connectivity index (χ4n) is 4.09. The van der Waals surface area contributed by atoms with Gasteiger partial charge in [-0.3, -0.25) is 9.97 Å². The van der Waals surface area contributed by atoms with Crippen LogP contribution in [0.25, 0.3) is 22.5 Å². The van der Waals surface area contributed by atoms with E-state index in [-0.39, 0.29) is 23.8 Å². The third-order valence-corrected chi connectivity index (χ3v) is 5.69. The number of phenolic OH excluding ortho intramolecular Hbond substituents is 1. The highest BCUT2D eigenvalue weighted by molar-refractivity contribution is 5.69. The molecule has 2 aliphatic heterocycles. The van der Waals surface area contributed by atoms with Gasteiger partial charge in [-0.05, 0) is 24.1 Å². The average Bonchev–Trinajstić information content (AvgIpc) is 3.37. The highest BCUT2D eigenvalue weighted by Crippen LogP contribution is 2.37. The van der Waals surface area contributed by atoms with Gasteiger partial charge in [-0.15, -0.1) is 0 Å². The Morgan fingerprint density at radius 2 is 2.07 bits per heavy atom. The van der Waals surface area contributed by atoms with Crippen molar-refractivity contribution in [3.8, 4) is 22.7 Å². The summed E-state index contributed by atoms with van der Waals surface area (Å²) >= 11 is 0. The molecule has 4 heterocycles. The van der Waals surface area contributed by atoms with Gasteiger partial charge in [0.25, 0.3) is 0 Å². The van der Waals surface area contributed by atoms with Gasteiger partial charge in [0, 0.05) is 23.6 Å². The number of benzene rings is 1. The van der Waals surface area contributed by atoms with E-state index < -0.39 is 12.0 Å². The van der Waals surface area contributed by atoms with Gasteiger partial charge in [0.05, 0.1) is 47.9 Å². The molecule has 2 N–H and O–H groups in total. The van der Waals surface area contributed by atoms with Crippen LogP contribution in [0.15, 0.2) is 61.7 Å². The summed E-state index contributed by atoms with van der Waals surface area (Å²) in [6, 6.07) is 4.71. The van der Waals surface area contributed by atoms with Crippen LogP contribution < -0.4 is 5.32 Å². The molecule has 2 aliphatic rings. The number of hydrogen-bond donors (Lipinski definition) is 2. The van der Waals surface area contributed by atoms with Crippen molar-refractivity contribution < 1.29 is 13.9 Å². The maximum absolute atomic E-state index is 14.8. The van der Waals surface area contributed by atoms with Crippen LogP contribution in [0.1, 0.15) is 12.1 Å². The maximum Gasteiger partial charge on any atom is 0.161 e. The summed E-state index contributed by atoms with van der Waals surface area (Å²) in [5.41, 5.74) is 2.62. The lowest BCUT2D eigenvalue weighted by Gasteiger charge is -2.33. The Bertz CT molecular complexity index is 1140. The number of phenols is 1. The summed E-state index contributed by atoms with van der Waals surface area (Å²) in [6.45, 7) is 4.08. The maximum atomic E-state index is 14.8. The van der Waals surface area contributed by atoms with Gasteiger partial charge in [-0.25, -0.2) is 13.5 Å². The SMILES string of the molecule is C=C(c1cnc(-c2ccc(-n3cc(F)cn3)cc2O)cn1)[C@H]1C[C@@H]2C=C[C@@H](N2)[C@H]1F. The summed E-state index contributed by atoms with van der Waals surface area (Å²) in [7, 11) is 0. The second kappa shape index (κ2) is 7.14. The van der Waals surface area contributed by atoms with Crippen LogP contribution in [-0.4, -0.2) is 43.1 Å². The summed E-state index contributed by atoms with van der Waals surface area (Å²) < 4.78 is 29.3. The molecule has 1 saturated heterocycles. The molecule has 2 bridgehead atoms. The lowest BCUT2D eigenvalue weighted by Crippen LogP contribution is -2.47. The van der Waals surface area contributed by atoms with Crippen LogP contribution in [0.4, 0.5) is 8.78 Å². The fraction of sp³-hybridized carbons (Fsp3) is 0.227. The van der Waals surface area contributed by atoms with Crippen LogP contribution in [0, 0.1) is 11.7 Å². The topological polar surface area (TPSA) is 75.9 Å². The molecule has 0 spiro atoms. The van der Waals surface area contributed by atoms with Crippen molar-refractivity contribution in [3.05, 3.63) is 73.2 Å². The van der Waals surface area contributed by atoms with Crippen LogP contribution in [0.3, 0.4) is 0 Å². The lowest BCUT2D eigenvalue weighted by atomic mass is 9.83. The molecule has 5 rings (SSSR count). The van der Waals surface area contributed by atoms with Crippen molar-refractivity contribution in [2.75, 3.05) is 0 Å². The van der Waals surface area contributed by atoms with Crippen molar-refractivity contribution >= 4 is 5.57 Å². The summed E-state index contributed by atoms with van der Waals surface area (Å²) in [6.07, 6.45) is 8.85. The predicted molar refractivity (Wildman–Crippen MR) is 108 cm³/mol. The number of alkyl halides is 1. The number of aromatic hydroxyl groups is 1. The summed E-state index contributed by atoms with van der Waals surface area (Å²) in [4.78, 5) is 8.80. The van der Waals surface area contributed by atoms with Gasteiger partial charge in [-0.1, -0.05) is 18.7 Å². The second-order valence-electron chi connectivity index (χ2n) is 7.59. The van der Waals surface area contributed by atoms with Gasteiger partial charge in [0.2, 0.25) is 0 Å². The van der Waals surface area contributed by atoms with Crippen molar-refractivity contribution in [1.29, 1.82) is 0 Å². The van der Waals surface area contributed by atoms with E-state index in [2.05, 4.69) is 27.0 Å². The molecule has 30 heavy (non-hydrogen) atoms. The first-order chi connectivity index (χ1) is 14.5. The average molecular weight is 407 g/mol. The Labute approximate surface area is 171 Å². The first-order valence-corrected chi connectivity index (χ1v) is 9.63. The number of rotatable bonds is 4. The summed E-state index contributed by atoms with van der Waals surface area (Å²) in [5.74, 6) is -0.819. The van der Waals surface area contributed by atoms with Gasteiger partial charge < -0.3 is 10.4 Å². The Kier molecular flexibility index (Phi) is 4.43. The Balaban J connectivity index is 1.37. The van der Waals surface area contributed by atoms with Crippen molar-refractivity contribution in [2.24, 2.45) is 5.92 Å². The first kappa shape index (κ1) is 18.6. The quantitative estimate of drug-likeness (QED) is 0.648. The minimum absolute atomic E-state index is 0.0332. The number of nitrogens with zero attached hydrogens (tertiary/aromatic N) is 4. The molecule has 152 valence electrons. The Hall–Kier alpha value is -3.39. The normalized spacial score (nSPS) is 24.9. The van der Waals surface area contributed by atoms with E-state index in [0.29, 0.717) is 34.6 Å². The molecule has 3 aromatic rings. The van der Waals surface area contributed by atoms with E-state index in [1.54, 1.807) is 18.3 Å². The zero-order valence-corrected chi connectivity index (χ0v) is 15.9. The van der Waals surface area contributed by atoms with Crippen molar-refractivity contribution in [1.82, 2.24) is 25.1 Å². The lowest BCUT2D eigenvalue weighted by molar-refractivity contribution is 0.179. The third-order valence-electron chi connectivity index (χ3n) is 5.69. The highest BCUT2D eigenvalue weighted by Gasteiger charge is 2.40. The molecule has 0 unspecified atom stereocenters. The molecule has 6 nitrogen and oxygen atoms in total. The monoisotopic (exact) mass is 407 g/mol. The van der Waals surface area contributed by atoms with Gasteiger partial charge in [0.1, 0.15) is 11.9 Å².